The molecule has 3 N–H and O–H groups in total. The first kappa shape index (κ1) is 21.9. The molecule has 1 amide bonds. The van der Waals surface area contributed by atoms with Crippen LogP contribution >= 0.6 is 0 Å². The number of esters is 1. The fourth-order valence-corrected chi connectivity index (χ4v) is 6.60. The van der Waals surface area contributed by atoms with Crippen molar-refractivity contribution in [2.75, 3.05) is 19.8 Å². The second-order valence-corrected chi connectivity index (χ2v) is 9.89. The molecule has 4 aliphatic rings. The van der Waals surface area contributed by atoms with Crippen LogP contribution in [0.15, 0.2) is 23.8 Å². The summed E-state index contributed by atoms with van der Waals surface area (Å²) in [6, 6.07) is -0.342. The normalized spacial score (nSPS) is 38.2. The van der Waals surface area contributed by atoms with Gasteiger partial charge >= 0.3 is 12.1 Å². The number of cyclic esters (lactones) is 2. The van der Waals surface area contributed by atoms with Crippen molar-refractivity contribution in [2.24, 2.45) is 28.4 Å². The molecule has 4 rings (SSSR count). The minimum atomic E-state index is -0.578. The van der Waals surface area contributed by atoms with Crippen molar-refractivity contribution in [3.63, 3.8) is 0 Å². The van der Waals surface area contributed by atoms with Gasteiger partial charge < -0.3 is 25.3 Å². The molecule has 8 nitrogen and oxygen atoms in total. The zero-order chi connectivity index (χ0) is 22.4. The maximum Gasteiger partial charge on any atom is 0.508 e. The molecule has 3 fully saturated rings. The fraction of sp³-hybridized carbons (Fsp3) is 0.696. The van der Waals surface area contributed by atoms with E-state index < -0.39 is 12.1 Å². The number of hydrogen-bond acceptors (Lipinski definition) is 7. The van der Waals surface area contributed by atoms with Gasteiger partial charge in [0.2, 0.25) is 5.91 Å². The van der Waals surface area contributed by atoms with Crippen molar-refractivity contribution in [2.45, 2.75) is 58.1 Å². The van der Waals surface area contributed by atoms with Gasteiger partial charge in [0.05, 0.1) is 12.1 Å². The number of carbonyl (C=O) groups excluding carboxylic acids is 3. The highest BCUT2D eigenvalue weighted by Crippen LogP contribution is 2.63. The molecule has 2 heterocycles. The average Bonchev–Trinajstić information content (AvgIpc) is 3.13. The average molecular weight is 433 g/mol. The molecule has 2 unspecified atom stereocenters. The summed E-state index contributed by atoms with van der Waals surface area (Å²) in [5.74, 6) is -0.420. The summed E-state index contributed by atoms with van der Waals surface area (Å²) < 4.78 is 16.0. The van der Waals surface area contributed by atoms with Gasteiger partial charge in [0.15, 0.2) is 0 Å². The highest BCUT2D eigenvalue weighted by molar-refractivity contribution is 5.92. The molecular weight excluding hydrogens is 400 g/mol. The first-order valence-corrected chi connectivity index (χ1v) is 11.0. The number of fused-ring (bicyclic) bond motifs is 3. The zero-order valence-electron chi connectivity index (χ0n) is 18.3. The van der Waals surface area contributed by atoms with Crippen LogP contribution in [0.3, 0.4) is 0 Å². The Labute approximate surface area is 182 Å². The molecule has 2 aliphatic carbocycles. The van der Waals surface area contributed by atoms with Crippen LogP contribution in [0.5, 0.6) is 0 Å². The Balaban J connectivity index is 1.62. The molecule has 0 spiro atoms. The van der Waals surface area contributed by atoms with E-state index in [0.29, 0.717) is 18.6 Å². The zero-order valence-corrected chi connectivity index (χ0v) is 18.3. The quantitative estimate of drug-likeness (QED) is 0.488. The summed E-state index contributed by atoms with van der Waals surface area (Å²) in [5.41, 5.74) is 6.71. The van der Waals surface area contributed by atoms with Crippen LogP contribution in [0.1, 0.15) is 46.0 Å². The summed E-state index contributed by atoms with van der Waals surface area (Å²) in [7, 11) is 0. The van der Waals surface area contributed by atoms with Crippen LogP contribution < -0.4 is 11.1 Å². The maximum absolute atomic E-state index is 12.3. The van der Waals surface area contributed by atoms with E-state index in [-0.39, 0.29) is 53.9 Å². The van der Waals surface area contributed by atoms with Crippen LogP contribution in [-0.2, 0) is 23.8 Å². The predicted octanol–water partition coefficient (Wildman–Crippen LogP) is 2.23. The number of allylic oxidation sites excluding steroid dienone is 1. The number of carbonyl (C=O) groups is 3. The number of nitrogens with two attached hydrogens (primary N) is 1. The Bertz CT molecular complexity index is 838. The highest BCUT2D eigenvalue weighted by Gasteiger charge is 2.61. The minimum Gasteiger partial charge on any atom is -0.458 e. The Kier molecular flexibility index (Phi) is 5.62. The summed E-state index contributed by atoms with van der Waals surface area (Å²) in [6.07, 6.45) is 5.17. The number of primary amides is 1. The van der Waals surface area contributed by atoms with Crippen LogP contribution in [0, 0.1) is 22.7 Å². The third kappa shape index (κ3) is 3.75. The molecule has 6 atom stereocenters. The Morgan fingerprint density at radius 1 is 1.29 bits per heavy atom. The van der Waals surface area contributed by atoms with Gasteiger partial charge in [-0.25, -0.2) is 9.59 Å². The smallest absolute Gasteiger partial charge is 0.458 e. The second-order valence-electron chi connectivity index (χ2n) is 9.89. The monoisotopic (exact) mass is 432 g/mol. The highest BCUT2D eigenvalue weighted by atomic mass is 16.7. The van der Waals surface area contributed by atoms with Crippen LogP contribution in [0.4, 0.5) is 4.79 Å². The molecule has 170 valence electrons. The minimum absolute atomic E-state index is 0.0157. The van der Waals surface area contributed by atoms with Crippen molar-refractivity contribution < 1.29 is 28.6 Å². The molecule has 8 heteroatoms. The number of ether oxygens (including phenoxy) is 3. The second kappa shape index (κ2) is 7.97. The lowest BCUT2D eigenvalue weighted by Gasteiger charge is -2.61. The predicted molar refractivity (Wildman–Crippen MR) is 112 cm³/mol. The van der Waals surface area contributed by atoms with Gasteiger partial charge in [0, 0.05) is 11.5 Å². The van der Waals surface area contributed by atoms with Gasteiger partial charge in [0.25, 0.3) is 0 Å². The van der Waals surface area contributed by atoms with E-state index in [9.17, 15) is 14.4 Å². The molecule has 0 aromatic heterocycles. The topological polar surface area (TPSA) is 117 Å². The first-order chi connectivity index (χ1) is 14.6. The lowest BCUT2D eigenvalue weighted by molar-refractivity contribution is -0.193. The van der Waals surface area contributed by atoms with Gasteiger partial charge in [-0.15, -0.1) is 0 Å². The maximum atomic E-state index is 12.3. The van der Waals surface area contributed by atoms with Crippen molar-refractivity contribution in [1.29, 1.82) is 0 Å². The van der Waals surface area contributed by atoms with E-state index in [4.69, 9.17) is 19.9 Å². The molecule has 1 saturated heterocycles. The molecule has 31 heavy (non-hydrogen) atoms. The lowest BCUT2D eigenvalue weighted by Crippen LogP contribution is -2.61. The van der Waals surface area contributed by atoms with Gasteiger partial charge in [0.1, 0.15) is 19.3 Å². The third-order valence-electron chi connectivity index (χ3n) is 8.18. The van der Waals surface area contributed by atoms with Crippen molar-refractivity contribution in [3.8, 4) is 0 Å². The molecule has 0 radical (unpaired) electrons. The van der Waals surface area contributed by atoms with Crippen molar-refractivity contribution in [3.05, 3.63) is 23.8 Å². The van der Waals surface area contributed by atoms with Gasteiger partial charge in [-0.05, 0) is 55.4 Å². The lowest BCUT2D eigenvalue weighted by atomic mass is 9.45. The van der Waals surface area contributed by atoms with Crippen LogP contribution in [0.2, 0.25) is 0 Å². The summed E-state index contributed by atoms with van der Waals surface area (Å²) >= 11 is 0. The SMILES string of the molecule is C=C1CCC2[C@]3(C)COC(=O)O[C@@H]3CC[C@@]2(C)[C@@H]1CC(NCC(N)=O)C1=CCOC1=O. The van der Waals surface area contributed by atoms with Gasteiger partial charge in [-0.1, -0.05) is 26.0 Å². The van der Waals surface area contributed by atoms with E-state index in [1.165, 1.54) is 0 Å². The molecule has 2 aliphatic heterocycles. The van der Waals surface area contributed by atoms with Crippen molar-refractivity contribution >= 4 is 18.0 Å². The summed E-state index contributed by atoms with van der Waals surface area (Å²) in [4.78, 5) is 35.4. The van der Waals surface area contributed by atoms with E-state index in [0.717, 1.165) is 31.3 Å². The standard InChI is InChI=1S/C23H32N2O6/c1-13-4-5-17-22(2,8-6-18-23(17,3)12-30-21(28)31-18)15(13)10-16(25-11-19(24)26)14-7-9-29-20(14)27/h7,15-18,25H,1,4-6,8-12H2,2-3H3,(H2,24,26)/t15-,16?,17?,18-,22+,23+/m1/s1. The van der Waals surface area contributed by atoms with E-state index in [1.807, 2.05) is 0 Å². The molecule has 0 aromatic carbocycles. The largest absolute Gasteiger partial charge is 0.508 e. The van der Waals surface area contributed by atoms with Crippen LogP contribution in [-0.4, -0.2) is 49.9 Å². The number of amides is 1. The molecular formula is C23H32N2O6. The Morgan fingerprint density at radius 3 is 2.74 bits per heavy atom. The summed E-state index contributed by atoms with van der Waals surface area (Å²) in [6.45, 7) is 9.43. The fourth-order valence-electron chi connectivity index (χ4n) is 6.60. The van der Waals surface area contributed by atoms with Gasteiger partial charge in [-0.2, -0.15) is 0 Å². The first-order valence-electron chi connectivity index (χ1n) is 11.0. The molecule has 0 aromatic rings. The van der Waals surface area contributed by atoms with E-state index in [2.05, 4.69) is 25.7 Å². The van der Waals surface area contributed by atoms with Gasteiger partial charge in [-0.3, -0.25) is 4.79 Å². The van der Waals surface area contributed by atoms with E-state index >= 15 is 0 Å². The van der Waals surface area contributed by atoms with Crippen LogP contribution in [0.25, 0.3) is 0 Å². The third-order valence-corrected chi connectivity index (χ3v) is 8.18. The Hall–Kier alpha value is -2.35. The number of nitrogens with one attached hydrogen (secondary N) is 1. The number of rotatable bonds is 6. The molecule has 0 bridgehead atoms. The summed E-state index contributed by atoms with van der Waals surface area (Å²) in [5, 5.41) is 3.16. The molecule has 2 saturated carbocycles. The Morgan fingerprint density at radius 2 is 2.06 bits per heavy atom. The number of hydrogen-bond donors (Lipinski definition) is 2. The van der Waals surface area contributed by atoms with Crippen molar-refractivity contribution in [1.82, 2.24) is 5.32 Å². The van der Waals surface area contributed by atoms with E-state index in [1.54, 1.807) is 6.08 Å².